The Morgan fingerprint density at radius 2 is 1.51 bits per heavy atom. The molecule has 0 saturated carbocycles. The lowest BCUT2D eigenvalue weighted by atomic mass is 9.86. The van der Waals surface area contributed by atoms with E-state index in [1.165, 1.54) is 12.1 Å². The van der Waals surface area contributed by atoms with Crippen molar-refractivity contribution in [3.8, 4) is 34.0 Å². The standard InChI is InChI=1S/C30H27FN6O2/c1-30(2,3)22-12-6-9-15-26(22)39-27-17-16-19(20-10-4-5-11-21(20)28-34-36-37-35-28)18-25(27)33-29(38)32-24-14-8-7-13-23(24)31/h4-18H,1-3H3,(H2,32,33,38)(H,34,35,36,37). The maximum Gasteiger partial charge on any atom is 0.323 e. The number of halogens is 1. The van der Waals surface area contributed by atoms with Gasteiger partial charge in [-0.3, -0.25) is 0 Å². The number of aromatic amines is 1. The van der Waals surface area contributed by atoms with E-state index in [0.717, 1.165) is 22.3 Å². The predicted molar refractivity (Wildman–Crippen MR) is 149 cm³/mol. The average molecular weight is 523 g/mol. The van der Waals surface area contributed by atoms with Crippen molar-refractivity contribution >= 4 is 17.4 Å². The smallest absolute Gasteiger partial charge is 0.323 e. The fourth-order valence-electron chi connectivity index (χ4n) is 4.23. The summed E-state index contributed by atoms with van der Waals surface area (Å²) in [6.45, 7) is 6.32. The lowest BCUT2D eigenvalue weighted by molar-refractivity contribution is 0.262. The largest absolute Gasteiger partial charge is 0.455 e. The maximum atomic E-state index is 14.2. The van der Waals surface area contributed by atoms with E-state index in [4.69, 9.17) is 4.74 Å². The molecule has 0 saturated heterocycles. The van der Waals surface area contributed by atoms with Gasteiger partial charge in [0.05, 0.1) is 11.4 Å². The summed E-state index contributed by atoms with van der Waals surface area (Å²) in [6, 6.07) is 26.3. The van der Waals surface area contributed by atoms with Crippen molar-refractivity contribution in [2.75, 3.05) is 10.6 Å². The highest BCUT2D eigenvalue weighted by molar-refractivity contribution is 6.01. The fraction of sp³-hybridized carbons (Fsp3) is 0.133. The SMILES string of the molecule is CC(C)(C)c1ccccc1Oc1ccc(-c2ccccc2-c2nnn[nH]2)cc1NC(=O)Nc1ccccc1F. The molecule has 0 aliphatic rings. The maximum absolute atomic E-state index is 14.2. The number of anilines is 2. The van der Waals surface area contributed by atoms with Crippen LogP contribution in [0.4, 0.5) is 20.6 Å². The van der Waals surface area contributed by atoms with Gasteiger partial charge in [-0.1, -0.05) is 81.4 Å². The normalized spacial score (nSPS) is 11.2. The number of hydrogen-bond acceptors (Lipinski definition) is 5. The molecule has 5 aromatic rings. The fourth-order valence-corrected chi connectivity index (χ4v) is 4.23. The first-order chi connectivity index (χ1) is 18.8. The van der Waals surface area contributed by atoms with Gasteiger partial charge in [0.2, 0.25) is 0 Å². The van der Waals surface area contributed by atoms with E-state index in [2.05, 4.69) is 52.0 Å². The third-order valence-electron chi connectivity index (χ3n) is 6.10. The number of amides is 2. The molecule has 4 aromatic carbocycles. The van der Waals surface area contributed by atoms with Gasteiger partial charge in [-0.25, -0.2) is 14.3 Å². The Balaban J connectivity index is 1.55. The lowest BCUT2D eigenvalue weighted by Gasteiger charge is -2.23. The number of nitrogens with one attached hydrogen (secondary N) is 3. The van der Waals surface area contributed by atoms with E-state index in [-0.39, 0.29) is 11.1 Å². The minimum absolute atomic E-state index is 0.0647. The van der Waals surface area contributed by atoms with Crippen LogP contribution in [0, 0.1) is 5.82 Å². The van der Waals surface area contributed by atoms with Crippen LogP contribution in [-0.2, 0) is 5.41 Å². The topological polar surface area (TPSA) is 105 Å². The molecule has 0 atom stereocenters. The van der Waals surface area contributed by atoms with Gasteiger partial charge in [-0.15, -0.1) is 5.10 Å². The van der Waals surface area contributed by atoms with Crippen LogP contribution in [0.15, 0.2) is 91.0 Å². The molecule has 8 nitrogen and oxygen atoms in total. The zero-order valence-corrected chi connectivity index (χ0v) is 21.7. The molecule has 196 valence electrons. The number of tetrazole rings is 1. The molecular formula is C30H27FN6O2. The van der Waals surface area contributed by atoms with E-state index in [9.17, 15) is 9.18 Å². The summed E-state index contributed by atoms with van der Waals surface area (Å²) in [6.07, 6.45) is 0. The van der Waals surface area contributed by atoms with E-state index in [1.807, 2.05) is 54.6 Å². The Hall–Kier alpha value is -5.05. The highest BCUT2D eigenvalue weighted by Gasteiger charge is 2.21. The first-order valence-electron chi connectivity index (χ1n) is 12.4. The number of ether oxygens (including phenoxy) is 1. The number of urea groups is 1. The molecule has 5 rings (SSSR count). The second-order valence-corrected chi connectivity index (χ2v) is 9.91. The Morgan fingerprint density at radius 3 is 2.26 bits per heavy atom. The third-order valence-corrected chi connectivity index (χ3v) is 6.10. The van der Waals surface area contributed by atoms with Crippen LogP contribution in [-0.4, -0.2) is 26.7 Å². The predicted octanol–water partition coefficient (Wildman–Crippen LogP) is 7.41. The summed E-state index contributed by atoms with van der Waals surface area (Å²) in [7, 11) is 0. The van der Waals surface area contributed by atoms with Crippen molar-refractivity contribution in [3.05, 3.63) is 102 Å². The van der Waals surface area contributed by atoms with Crippen LogP contribution in [0.3, 0.4) is 0 Å². The summed E-state index contributed by atoms with van der Waals surface area (Å²) in [5, 5.41) is 19.6. The summed E-state index contributed by atoms with van der Waals surface area (Å²) in [4.78, 5) is 13.0. The molecule has 9 heteroatoms. The molecule has 0 aliphatic carbocycles. The van der Waals surface area contributed by atoms with E-state index in [1.54, 1.807) is 24.3 Å². The Bertz CT molecular complexity index is 1610. The summed E-state index contributed by atoms with van der Waals surface area (Å²) < 4.78 is 20.6. The first kappa shape index (κ1) is 25.6. The van der Waals surface area contributed by atoms with Crippen LogP contribution in [0.2, 0.25) is 0 Å². The van der Waals surface area contributed by atoms with Crippen LogP contribution in [0.1, 0.15) is 26.3 Å². The zero-order chi connectivity index (χ0) is 27.4. The van der Waals surface area contributed by atoms with Crippen LogP contribution in [0.25, 0.3) is 22.5 Å². The third kappa shape index (κ3) is 5.77. The average Bonchev–Trinajstić information content (AvgIpc) is 3.46. The number of benzene rings is 4. The van der Waals surface area contributed by atoms with Crippen LogP contribution in [0.5, 0.6) is 11.5 Å². The first-order valence-corrected chi connectivity index (χ1v) is 12.4. The number of carbonyl (C=O) groups is 1. The van der Waals surface area contributed by atoms with Gasteiger partial charge < -0.3 is 15.4 Å². The van der Waals surface area contributed by atoms with Gasteiger partial charge in [0.25, 0.3) is 0 Å². The zero-order valence-electron chi connectivity index (χ0n) is 21.7. The number of carbonyl (C=O) groups excluding carboxylic acids is 1. The second kappa shape index (κ2) is 10.7. The number of H-pyrrole nitrogens is 1. The minimum Gasteiger partial charge on any atom is -0.455 e. The van der Waals surface area contributed by atoms with Gasteiger partial charge in [0, 0.05) is 11.1 Å². The number of aromatic nitrogens is 4. The van der Waals surface area contributed by atoms with Crippen LogP contribution >= 0.6 is 0 Å². The molecule has 0 bridgehead atoms. The number of rotatable bonds is 6. The molecule has 3 N–H and O–H groups in total. The molecule has 0 aliphatic heterocycles. The number of para-hydroxylation sites is 2. The van der Waals surface area contributed by atoms with Gasteiger partial charge in [-0.2, -0.15) is 0 Å². The van der Waals surface area contributed by atoms with Crippen molar-refractivity contribution in [1.29, 1.82) is 0 Å². The van der Waals surface area contributed by atoms with Gasteiger partial charge in [0.1, 0.15) is 11.6 Å². The van der Waals surface area contributed by atoms with Crippen LogP contribution < -0.4 is 15.4 Å². The van der Waals surface area contributed by atoms with Crippen molar-refractivity contribution < 1.29 is 13.9 Å². The minimum atomic E-state index is -0.612. The molecule has 0 radical (unpaired) electrons. The molecular weight excluding hydrogens is 495 g/mol. The summed E-state index contributed by atoms with van der Waals surface area (Å²) in [5.41, 5.74) is 3.73. The highest BCUT2D eigenvalue weighted by atomic mass is 19.1. The Kier molecular flexibility index (Phi) is 7.05. The monoisotopic (exact) mass is 522 g/mol. The van der Waals surface area contributed by atoms with Gasteiger partial charge >= 0.3 is 6.03 Å². The quantitative estimate of drug-likeness (QED) is 0.215. The molecule has 0 fully saturated rings. The van der Waals surface area contributed by atoms with Crippen molar-refractivity contribution in [2.45, 2.75) is 26.2 Å². The Morgan fingerprint density at radius 1 is 0.821 bits per heavy atom. The number of nitrogens with zero attached hydrogens (tertiary/aromatic N) is 3. The molecule has 1 heterocycles. The van der Waals surface area contributed by atoms with Gasteiger partial charge in [0.15, 0.2) is 11.6 Å². The summed E-state index contributed by atoms with van der Waals surface area (Å²) in [5.74, 6) is 1.07. The van der Waals surface area contributed by atoms with Crippen molar-refractivity contribution in [2.24, 2.45) is 0 Å². The molecule has 2 amide bonds. The van der Waals surface area contributed by atoms with Crippen molar-refractivity contribution in [1.82, 2.24) is 20.6 Å². The van der Waals surface area contributed by atoms with E-state index >= 15 is 0 Å². The van der Waals surface area contributed by atoms with E-state index in [0.29, 0.717) is 23.0 Å². The second-order valence-electron chi connectivity index (χ2n) is 9.91. The molecule has 0 spiro atoms. The summed E-state index contributed by atoms with van der Waals surface area (Å²) >= 11 is 0. The number of hydrogen-bond donors (Lipinski definition) is 3. The lowest BCUT2D eigenvalue weighted by Crippen LogP contribution is -2.20. The van der Waals surface area contributed by atoms with Gasteiger partial charge in [-0.05, 0) is 57.3 Å². The highest BCUT2D eigenvalue weighted by Crippen LogP contribution is 2.39. The molecule has 39 heavy (non-hydrogen) atoms. The van der Waals surface area contributed by atoms with Crippen molar-refractivity contribution in [3.63, 3.8) is 0 Å². The molecule has 1 aromatic heterocycles. The Labute approximate surface area is 225 Å². The van der Waals surface area contributed by atoms with E-state index < -0.39 is 11.8 Å². The molecule has 0 unspecified atom stereocenters.